The maximum absolute atomic E-state index is 13.5. The van der Waals surface area contributed by atoms with E-state index in [1.165, 1.54) is 19.3 Å². The average Bonchev–Trinajstić information content (AvgIpc) is 2.59. The molecule has 20 heavy (non-hydrogen) atoms. The Hall–Kier alpha value is -1.09. The third-order valence-electron chi connectivity index (χ3n) is 4.52. The van der Waals surface area contributed by atoms with Crippen LogP contribution in [0.5, 0.6) is 0 Å². The van der Waals surface area contributed by atoms with Crippen molar-refractivity contribution in [3.05, 3.63) is 29.6 Å². The predicted molar refractivity (Wildman–Crippen MR) is 82.9 cm³/mol. The Morgan fingerprint density at radius 2 is 2.00 bits per heavy atom. The molecule has 1 atom stereocenters. The van der Waals surface area contributed by atoms with Gasteiger partial charge in [0.05, 0.1) is 5.69 Å². The van der Waals surface area contributed by atoms with Crippen molar-refractivity contribution in [3.63, 3.8) is 0 Å². The van der Waals surface area contributed by atoms with Gasteiger partial charge >= 0.3 is 0 Å². The van der Waals surface area contributed by atoms with Gasteiger partial charge in [-0.15, -0.1) is 0 Å². The van der Waals surface area contributed by atoms with E-state index < -0.39 is 0 Å². The lowest BCUT2D eigenvalue weighted by atomic mass is 9.77. The monoisotopic (exact) mass is 278 g/mol. The zero-order valence-corrected chi connectivity index (χ0v) is 13.0. The van der Waals surface area contributed by atoms with E-state index in [0.29, 0.717) is 5.41 Å². The minimum atomic E-state index is -0.301. The van der Waals surface area contributed by atoms with Gasteiger partial charge in [0.15, 0.2) is 0 Å². The van der Waals surface area contributed by atoms with Crippen LogP contribution in [0.3, 0.4) is 0 Å². The first-order valence-electron chi connectivity index (χ1n) is 7.62. The number of rotatable bonds is 2. The Bertz CT molecular complexity index is 451. The summed E-state index contributed by atoms with van der Waals surface area (Å²) in [6.07, 6.45) is 3.77. The second-order valence-corrected chi connectivity index (χ2v) is 7.13. The molecular weight excluding hydrogens is 251 g/mol. The van der Waals surface area contributed by atoms with Crippen molar-refractivity contribution in [3.8, 4) is 0 Å². The molecule has 2 nitrogen and oxygen atoms in total. The summed E-state index contributed by atoms with van der Waals surface area (Å²) in [4.78, 5) is 2.44. The summed E-state index contributed by atoms with van der Waals surface area (Å²) in [6, 6.07) is 5.17. The van der Waals surface area contributed by atoms with Gasteiger partial charge in [0.2, 0.25) is 0 Å². The Kier molecular flexibility index (Phi) is 4.69. The third kappa shape index (κ3) is 3.95. The molecule has 1 saturated heterocycles. The van der Waals surface area contributed by atoms with Crippen LogP contribution in [0.2, 0.25) is 0 Å². The van der Waals surface area contributed by atoms with Crippen LogP contribution in [0.15, 0.2) is 18.2 Å². The second-order valence-electron chi connectivity index (χ2n) is 7.13. The Morgan fingerprint density at radius 1 is 1.25 bits per heavy atom. The molecule has 1 aromatic rings. The first-order chi connectivity index (χ1) is 9.36. The lowest BCUT2D eigenvalue weighted by molar-refractivity contribution is 0.206. The molecule has 0 saturated carbocycles. The van der Waals surface area contributed by atoms with Crippen molar-refractivity contribution in [1.29, 1.82) is 0 Å². The normalized spacial score (nSPS) is 21.7. The zero-order valence-electron chi connectivity index (χ0n) is 13.0. The highest BCUT2D eigenvalue weighted by molar-refractivity contribution is 5.41. The van der Waals surface area contributed by atoms with Crippen LogP contribution >= 0.6 is 0 Å². The molecule has 1 aliphatic heterocycles. The fraction of sp³-hybridized carbons (Fsp3) is 0.647. The zero-order chi connectivity index (χ0) is 14.8. The van der Waals surface area contributed by atoms with E-state index in [0.717, 1.165) is 31.1 Å². The van der Waals surface area contributed by atoms with E-state index in [1.54, 1.807) is 12.1 Å². The molecule has 3 heteroatoms. The van der Waals surface area contributed by atoms with Crippen molar-refractivity contribution < 1.29 is 4.39 Å². The maximum Gasteiger partial charge on any atom is 0.146 e. The Morgan fingerprint density at radius 3 is 2.65 bits per heavy atom. The number of benzene rings is 1. The molecule has 2 rings (SSSR count). The first-order valence-corrected chi connectivity index (χ1v) is 7.62. The summed E-state index contributed by atoms with van der Waals surface area (Å²) in [5.41, 5.74) is 7.17. The molecule has 0 aromatic heterocycles. The lowest BCUT2D eigenvalue weighted by Gasteiger charge is -2.29. The number of likely N-dealkylation sites (tertiary alicyclic amines) is 1. The van der Waals surface area contributed by atoms with Crippen molar-refractivity contribution >= 4 is 5.69 Å². The van der Waals surface area contributed by atoms with Crippen LogP contribution in [0.4, 0.5) is 10.1 Å². The van der Waals surface area contributed by atoms with Crippen LogP contribution in [0.25, 0.3) is 0 Å². The molecule has 1 fully saturated rings. The van der Waals surface area contributed by atoms with Crippen molar-refractivity contribution in [2.75, 3.05) is 18.8 Å². The highest BCUT2D eigenvalue weighted by atomic mass is 19.1. The van der Waals surface area contributed by atoms with Gasteiger partial charge in [-0.25, -0.2) is 4.39 Å². The number of hydrogen-bond donors (Lipinski definition) is 1. The van der Waals surface area contributed by atoms with Gasteiger partial charge in [0.1, 0.15) is 5.82 Å². The largest absolute Gasteiger partial charge is 0.396 e. The summed E-state index contributed by atoms with van der Waals surface area (Å²) in [5.74, 6) is 0.487. The topological polar surface area (TPSA) is 29.3 Å². The van der Waals surface area contributed by atoms with E-state index in [-0.39, 0.29) is 11.5 Å². The molecule has 0 spiro atoms. The molecule has 1 unspecified atom stereocenters. The summed E-state index contributed by atoms with van der Waals surface area (Å²) in [5, 5.41) is 0. The molecule has 1 heterocycles. The minimum Gasteiger partial charge on any atom is -0.396 e. The standard InChI is InChI=1S/C17H27FN2/c1-17(2,3)14-5-4-9-20(10-8-14)12-13-6-7-16(19)15(18)11-13/h6-7,11,14H,4-5,8-10,12,19H2,1-3H3. The number of halogens is 1. The van der Waals surface area contributed by atoms with Crippen molar-refractivity contribution in [2.24, 2.45) is 11.3 Å². The van der Waals surface area contributed by atoms with E-state index >= 15 is 0 Å². The van der Waals surface area contributed by atoms with E-state index in [4.69, 9.17) is 5.73 Å². The SMILES string of the molecule is CC(C)(C)C1CCCN(Cc2ccc(N)c(F)c2)CC1. The smallest absolute Gasteiger partial charge is 0.146 e. The van der Waals surface area contributed by atoms with Crippen LogP contribution in [-0.2, 0) is 6.54 Å². The van der Waals surface area contributed by atoms with Gasteiger partial charge in [-0.3, -0.25) is 4.90 Å². The Balaban J connectivity index is 1.95. The fourth-order valence-electron chi connectivity index (χ4n) is 3.11. The van der Waals surface area contributed by atoms with Crippen LogP contribution in [-0.4, -0.2) is 18.0 Å². The molecule has 0 amide bonds. The molecule has 1 aromatic carbocycles. The van der Waals surface area contributed by atoms with Gasteiger partial charge in [0.25, 0.3) is 0 Å². The van der Waals surface area contributed by atoms with Gasteiger partial charge in [-0.2, -0.15) is 0 Å². The van der Waals surface area contributed by atoms with E-state index in [1.807, 2.05) is 6.07 Å². The van der Waals surface area contributed by atoms with E-state index in [9.17, 15) is 4.39 Å². The molecule has 2 N–H and O–H groups in total. The number of nitrogens with two attached hydrogens (primary N) is 1. The summed E-state index contributed by atoms with van der Waals surface area (Å²) in [6.45, 7) is 10.1. The molecule has 0 bridgehead atoms. The van der Waals surface area contributed by atoms with Gasteiger partial charge in [0, 0.05) is 6.54 Å². The van der Waals surface area contributed by atoms with Gasteiger partial charge < -0.3 is 5.73 Å². The maximum atomic E-state index is 13.5. The average molecular weight is 278 g/mol. The van der Waals surface area contributed by atoms with E-state index in [2.05, 4.69) is 25.7 Å². The molecule has 0 aliphatic carbocycles. The number of hydrogen-bond acceptors (Lipinski definition) is 2. The van der Waals surface area contributed by atoms with Crippen LogP contribution in [0, 0.1) is 17.2 Å². The second kappa shape index (κ2) is 6.13. The molecule has 0 radical (unpaired) electrons. The predicted octanol–water partition coefficient (Wildman–Crippen LogP) is 4.06. The summed E-state index contributed by atoms with van der Waals surface area (Å²) < 4.78 is 13.5. The highest BCUT2D eigenvalue weighted by Crippen LogP contribution is 2.34. The third-order valence-corrected chi connectivity index (χ3v) is 4.52. The number of anilines is 1. The molecule has 1 aliphatic rings. The van der Waals surface area contributed by atoms with Crippen molar-refractivity contribution in [1.82, 2.24) is 4.90 Å². The highest BCUT2D eigenvalue weighted by Gasteiger charge is 2.26. The Labute approximate surface area is 122 Å². The number of nitrogens with zero attached hydrogens (tertiary/aromatic N) is 1. The van der Waals surface area contributed by atoms with Crippen LogP contribution < -0.4 is 5.73 Å². The number of nitrogen functional groups attached to an aromatic ring is 1. The van der Waals surface area contributed by atoms with Crippen molar-refractivity contribution in [2.45, 2.75) is 46.6 Å². The summed E-state index contributed by atoms with van der Waals surface area (Å²) >= 11 is 0. The van der Waals surface area contributed by atoms with Gasteiger partial charge in [-0.1, -0.05) is 26.8 Å². The quantitative estimate of drug-likeness (QED) is 0.827. The first kappa shape index (κ1) is 15.3. The summed E-state index contributed by atoms with van der Waals surface area (Å²) in [7, 11) is 0. The lowest BCUT2D eigenvalue weighted by Crippen LogP contribution is -2.26. The van der Waals surface area contributed by atoms with Crippen LogP contribution in [0.1, 0.15) is 45.6 Å². The molecule has 112 valence electrons. The van der Waals surface area contributed by atoms with Gasteiger partial charge in [-0.05, 0) is 61.4 Å². The fourth-order valence-corrected chi connectivity index (χ4v) is 3.11. The molecular formula is C17H27FN2. The minimum absolute atomic E-state index is 0.234.